The van der Waals surface area contributed by atoms with Crippen LogP contribution in [0.15, 0.2) is 48.5 Å². The number of rotatable bonds is 2. The molecule has 1 heterocycles. The van der Waals surface area contributed by atoms with Crippen molar-refractivity contribution in [1.82, 2.24) is 4.90 Å². The molecule has 0 saturated carbocycles. The first kappa shape index (κ1) is 22.1. The maximum absolute atomic E-state index is 12.7. The zero-order valence-corrected chi connectivity index (χ0v) is 17.6. The summed E-state index contributed by atoms with van der Waals surface area (Å²) in [4.78, 5) is 16.9. The van der Waals surface area contributed by atoms with Crippen LogP contribution < -0.4 is 4.90 Å². The number of amides is 1. The number of anilines is 1. The second-order valence-corrected chi connectivity index (χ2v) is 7.58. The van der Waals surface area contributed by atoms with Crippen LogP contribution in [0.1, 0.15) is 29.8 Å². The Morgan fingerprint density at radius 3 is 2.11 bits per heavy atom. The summed E-state index contributed by atoms with van der Waals surface area (Å²) in [6.07, 6.45) is 0. The summed E-state index contributed by atoms with van der Waals surface area (Å²) in [7, 11) is 0. The van der Waals surface area contributed by atoms with Crippen LogP contribution in [0.25, 0.3) is 0 Å². The second-order valence-electron chi connectivity index (χ2n) is 7.14. The molecule has 1 aliphatic heterocycles. The molecule has 4 nitrogen and oxygen atoms in total. The quantitative estimate of drug-likeness (QED) is 0.753. The summed E-state index contributed by atoms with van der Waals surface area (Å²) in [5.74, 6) is 5.72. The molecule has 2 aromatic carbocycles. The highest BCUT2D eigenvalue weighted by atomic mass is 35.5. The largest absolute Gasteiger partial charge is 0.378 e. The van der Waals surface area contributed by atoms with Crippen molar-refractivity contribution in [3.63, 3.8) is 0 Å². The van der Waals surface area contributed by atoms with Crippen LogP contribution in [0, 0.1) is 11.8 Å². The number of benzene rings is 2. The molecule has 0 spiro atoms. The van der Waals surface area contributed by atoms with Gasteiger partial charge in [0.25, 0.3) is 5.91 Å². The minimum atomic E-state index is -1.03. The average Bonchev–Trinajstić information content (AvgIpc) is 2.66. The molecule has 3 rings (SSSR count). The van der Waals surface area contributed by atoms with Gasteiger partial charge in [-0.1, -0.05) is 23.4 Å². The van der Waals surface area contributed by atoms with Crippen molar-refractivity contribution in [2.45, 2.75) is 19.4 Å². The van der Waals surface area contributed by atoms with E-state index < -0.39 is 5.60 Å². The Morgan fingerprint density at radius 2 is 1.57 bits per heavy atom. The fourth-order valence-electron chi connectivity index (χ4n) is 2.92. The monoisotopic (exact) mass is 418 g/mol. The first-order valence-electron chi connectivity index (χ1n) is 8.97. The van der Waals surface area contributed by atoms with Gasteiger partial charge in [0, 0.05) is 48.0 Å². The standard InChI is InChI=1S/C22H23ClN2O2.ClH/c1-22(2,27)12-11-17-3-5-18(6-4-17)21(26)25-15-13-24(14-16-25)20-9-7-19(23)8-10-20;/h3-10,27H,13-16H2,1-2H3;1H. The SMILES string of the molecule is CC(C)(O)C#Cc1ccc(C(=O)N2CCN(c3ccc(Cl)cc3)CC2)cc1.Cl. The summed E-state index contributed by atoms with van der Waals surface area (Å²) in [5.41, 5.74) is 1.53. The lowest BCUT2D eigenvalue weighted by Crippen LogP contribution is -2.48. The molecule has 1 saturated heterocycles. The van der Waals surface area contributed by atoms with E-state index in [1.165, 1.54) is 0 Å². The average molecular weight is 419 g/mol. The number of carbonyl (C=O) groups excluding carboxylic acids is 1. The van der Waals surface area contributed by atoms with E-state index in [2.05, 4.69) is 16.7 Å². The van der Waals surface area contributed by atoms with Crippen LogP contribution in [0.4, 0.5) is 5.69 Å². The summed E-state index contributed by atoms with van der Waals surface area (Å²) in [5, 5.41) is 10.4. The predicted molar refractivity (Wildman–Crippen MR) is 116 cm³/mol. The zero-order chi connectivity index (χ0) is 19.4. The first-order valence-corrected chi connectivity index (χ1v) is 9.35. The third-order valence-electron chi connectivity index (χ3n) is 4.40. The Kier molecular flexibility index (Phi) is 7.37. The van der Waals surface area contributed by atoms with Gasteiger partial charge in [-0.25, -0.2) is 0 Å². The molecule has 0 aromatic heterocycles. The Morgan fingerprint density at radius 1 is 1.00 bits per heavy atom. The molecular weight excluding hydrogens is 395 g/mol. The summed E-state index contributed by atoms with van der Waals surface area (Å²) >= 11 is 5.94. The number of aliphatic hydroxyl groups is 1. The van der Waals surface area contributed by atoms with Gasteiger partial charge >= 0.3 is 0 Å². The topological polar surface area (TPSA) is 43.8 Å². The molecule has 1 N–H and O–H groups in total. The zero-order valence-electron chi connectivity index (χ0n) is 16.0. The van der Waals surface area contributed by atoms with Crippen LogP contribution in [0.5, 0.6) is 0 Å². The number of halogens is 2. The molecule has 2 aromatic rings. The highest BCUT2D eigenvalue weighted by Crippen LogP contribution is 2.20. The van der Waals surface area contributed by atoms with E-state index in [4.69, 9.17) is 11.6 Å². The van der Waals surface area contributed by atoms with E-state index in [0.29, 0.717) is 18.7 Å². The first-order chi connectivity index (χ1) is 12.8. The van der Waals surface area contributed by atoms with E-state index in [9.17, 15) is 9.90 Å². The molecule has 0 aliphatic carbocycles. The Labute approximate surface area is 177 Å². The van der Waals surface area contributed by atoms with E-state index >= 15 is 0 Å². The van der Waals surface area contributed by atoms with Gasteiger partial charge in [0.15, 0.2) is 0 Å². The van der Waals surface area contributed by atoms with E-state index in [1.54, 1.807) is 26.0 Å². The van der Waals surface area contributed by atoms with Crippen LogP contribution in [-0.4, -0.2) is 47.7 Å². The van der Waals surface area contributed by atoms with Crippen molar-refractivity contribution >= 4 is 35.6 Å². The number of nitrogens with zero attached hydrogens (tertiary/aromatic N) is 2. The van der Waals surface area contributed by atoms with Crippen molar-refractivity contribution in [2.24, 2.45) is 0 Å². The lowest BCUT2D eigenvalue weighted by molar-refractivity contribution is 0.0746. The smallest absolute Gasteiger partial charge is 0.253 e. The van der Waals surface area contributed by atoms with Gasteiger partial charge in [0.1, 0.15) is 5.60 Å². The molecule has 148 valence electrons. The van der Waals surface area contributed by atoms with Crippen LogP contribution >= 0.6 is 24.0 Å². The normalized spacial score (nSPS) is 14.0. The van der Waals surface area contributed by atoms with Gasteiger partial charge in [-0.3, -0.25) is 4.79 Å². The lowest BCUT2D eigenvalue weighted by Gasteiger charge is -2.36. The fraction of sp³-hybridized carbons (Fsp3) is 0.318. The maximum Gasteiger partial charge on any atom is 0.253 e. The number of hydrogen-bond donors (Lipinski definition) is 1. The summed E-state index contributed by atoms with van der Waals surface area (Å²) in [6.45, 7) is 6.23. The van der Waals surface area contributed by atoms with Crippen molar-refractivity contribution < 1.29 is 9.90 Å². The van der Waals surface area contributed by atoms with Gasteiger partial charge in [0.05, 0.1) is 0 Å². The van der Waals surface area contributed by atoms with Gasteiger partial charge in [-0.15, -0.1) is 12.4 Å². The second kappa shape index (κ2) is 9.34. The van der Waals surface area contributed by atoms with Crippen LogP contribution in [0.3, 0.4) is 0 Å². The Hall–Kier alpha value is -2.19. The highest BCUT2D eigenvalue weighted by molar-refractivity contribution is 6.30. The number of carbonyl (C=O) groups is 1. The molecule has 6 heteroatoms. The van der Waals surface area contributed by atoms with E-state index in [1.807, 2.05) is 41.3 Å². The molecule has 0 bridgehead atoms. The van der Waals surface area contributed by atoms with E-state index in [0.717, 1.165) is 29.4 Å². The van der Waals surface area contributed by atoms with Crippen molar-refractivity contribution in [2.75, 3.05) is 31.1 Å². The lowest BCUT2D eigenvalue weighted by atomic mass is 10.1. The van der Waals surface area contributed by atoms with Crippen LogP contribution in [-0.2, 0) is 0 Å². The summed E-state index contributed by atoms with van der Waals surface area (Å²) in [6, 6.07) is 15.0. The van der Waals surface area contributed by atoms with Gasteiger partial charge in [-0.05, 0) is 62.4 Å². The molecule has 1 amide bonds. The minimum absolute atomic E-state index is 0. The Balaban J connectivity index is 0.00000280. The maximum atomic E-state index is 12.7. The molecule has 28 heavy (non-hydrogen) atoms. The fourth-order valence-corrected chi connectivity index (χ4v) is 3.05. The molecule has 0 unspecified atom stereocenters. The minimum Gasteiger partial charge on any atom is -0.378 e. The van der Waals surface area contributed by atoms with Crippen molar-refractivity contribution in [3.05, 3.63) is 64.7 Å². The molecule has 0 atom stereocenters. The Bertz CT molecular complexity index is 855. The highest BCUT2D eigenvalue weighted by Gasteiger charge is 2.22. The van der Waals surface area contributed by atoms with Gasteiger partial charge in [-0.2, -0.15) is 0 Å². The molecule has 1 aliphatic rings. The molecular formula is C22H24Cl2N2O2. The molecule has 0 radical (unpaired) electrons. The van der Waals surface area contributed by atoms with Gasteiger partial charge < -0.3 is 14.9 Å². The van der Waals surface area contributed by atoms with Crippen molar-refractivity contribution in [1.29, 1.82) is 0 Å². The van der Waals surface area contributed by atoms with Crippen LogP contribution in [0.2, 0.25) is 5.02 Å². The third kappa shape index (κ3) is 5.90. The third-order valence-corrected chi connectivity index (χ3v) is 4.66. The number of piperazine rings is 1. The number of hydrogen-bond acceptors (Lipinski definition) is 3. The van der Waals surface area contributed by atoms with Crippen molar-refractivity contribution in [3.8, 4) is 11.8 Å². The van der Waals surface area contributed by atoms with E-state index in [-0.39, 0.29) is 18.3 Å². The predicted octanol–water partition coefficient (Wildman–Crippen LogP) is 3.85. The summed E-state index contributed by atoms with van der Waals surface area (Å²) < 4.78 is 0. The molecule has 1 fully saturated rings. The van der Waals surface area contributed by atoms with Gasteiger partial charge in [0.2, 0.25) is 0 Å².